The van der Waals surface area contributed by atoms with Crippen molar-refractivity contribution in [2.45, 2.75) is 70.6 Å². The molecule has 2 aliphatic rings. The summed E-state index contributed by atoms with van der Waals surface area (Å²) in [5, 5.41) is 11.1. The summed E-state index contributed by atoms with van der Waals surface area (Å²) in [6, 6.07) is 8.07. The van der Waals surface area contributed by atoms with Crippen LogP contribution in [0.5, 0.6) is 0 Å². The van der Waals surface area contributed by atoms with E-state index in [9.17, 15) is 24.0 Å². The average Bonchev–Trinajstić information content (AvgIpc) is 3.03. The quantitative estimate of drug-likeness (QED) is 0.211. The van der Waals surface area contributed by atoms with Gasteiger partial charge in [0.05, 0.1) is 12.5 Å². The Kier molecular flexibility index (Phi) is 13.9. The number of carbonyl (C=O) groups is 5. The topological polar surface area (TPSA) is 158 Å². The van der Waals surface area contributed by atoms with Gasteiger partial charge in [-0.1, -0.05) is 30.3 Å². The highest BCUT2D eigenvalue weighted by Gasteiger charge is 2.30. The summed E-state index contributed by atoms with van der Waals surface area (Å²) in [6.45, 7) is 4.57. The third-order valence-electron chi connectivity index (χ3n) is 7.77. The molecule has 1 atom stereocenters. The number of rotatable bonds is 12. The molecule has 2 aliphatic heterocycles. The van der Waals surface area contributed by atoms with Gasteiger partial charge in [-0.2, -0.15) is 0 Å². The molecule has 238 valence electrons. The van der Waals surface area contributed by atoms with Crippen molar-refractivity contribution in [1.29, 1.82) is 0 Å². The third kappa shape index (κ3) is 11.3. The largest absolute Gasteiger partial charge is 0.466 e. The maximum absolute atomic E-state index is 13.4. The number of alkyl carbamates (subject to hydrolysis) is 1. The minimum atomic E-state index is -0.774. The fourth-order valence-electron chi connectivity index (χ4n) is 5.25. The molecule has 2 fully saturated rings. The van der Waals surface area contributed by atoms with E-state index in [1.807, 2.05) is 30.3 Å². The Hall–Kier alpha value is -4.03. The van der Waals surface area contributed by atoms with Crippen LogP contribution in [0.2, 0.25) is 0 Å². The van der Waals surface area contributed by atoms with Gasteiger partial charge >= 0.3 is 24.1 Å². The summed E-state index contributed by atoms with van der Waals surface area (Å²) in [5.41, 5.74) is 0.840. The Bertz CT molecular complexity index is 1060. The van der Waals surface area contributed by atoms with Gasteiger partial charge in [-0.15, -0.1) is 0 Å². The monoisotopic (exact) mass is 602 g/mol. The number of nitrogens with zero attached hydrogens (tertiary/aromatic N) is 2. The molecule has 2 heterocycles. The van der Waals surface area contributed by atoms with Gasteiger partial charge in [0.1, 0.15) is 12.6 Å². The molecule has 2 saturated heterocycles. The molecule has 1 aromatic carbocycles. The van der Waals surface area contributed by atoms with Crippen molar-refractivity contribution in [2.75, 3.05) is 46.4 Å². The minimum absolute atomic E-state index is 0.0224. The first-order valence-corrected chi connectivity index (χ1v) is 15.2. The highest BCUT2D eigenvalue weighted by molar-refractivity contribution is 5.85. The Balaban J connectivity index is 1.45. The number of piperidine rings is 2. The first-order chi connectivity index (χ1) is 20.8. The van der Waals surface area contributed by atoms with Crippen molar-refractivity contribution in [3.8, 4) is 0 Å². The molecule has 1 unspecified atom stereocenters. The second-order valence-corrected chi connectivity index (χ2v) is 10.8. The van der Waals surface area contributed by atoms with Gasteiger partial charge in [-0.05, 0) is 57.4 Å². The van der Waals surface area contributed by atoms with Crippen LogP contribution in [0.3, 0.4) is 0 Å². The number of nitrogens with one attached hydrogen (secondary N) is 4. The van der Waals surface area contributed by atoms with Crippen molar-refractivity contribution >= 4 is 30.0 Å². The lowest BCUT2D eigenvalue weighted by Crippen LogP contribution is -2.53. The number of hydrogen-bond acceptors (Lipinski definition) is 7. The van der Waals surface area contributed by atoms with Crippen molar-refractivity contribution < 1.29 is 33.4 Å². The van der Waals surface area contributed by atoms with E-state index in [1.165, 1.54) is 0 Å². The van der Waals surface area contributed by atoms with Crippen molar-refractivity contribution in [3.05, 3.63) is 35.9 Å². The number of urea groups is 2. The van der Waals surface area contributed by atoms with Crippen LogP contribution in [0, 0.1) is 5.92 Å². The molecule has 0 aromatic heterocycles. The Labute approximate surface area is 253 Å². The highest BCUT2D eigenvalue weighted by atomic mass is 16.5. The van der Waals surface area contributed by atoms with Gasteiger partial charge in [0.2, 0.25) is 5.91 Å². The predicted octanol–water partition coefficient (Wildman–Crippen LogP) is 2.36. The van der Waals surface area contributed by atoms with Gasteiger partial charge in [0.15, 0.2) is 0 Å². The van der Waals surface area contributed by atoms with E-state index < -0.39 is 12.1 Å². The van der Waals surface area contributed by atoms with Crippen molar-refractivity contribution in [3.63, 3.8) is 0 Å². The van der Waals surface area contributed by atoms with Gasteiger partial charge < -0.3 is 40.5 Å². The molecule has 3 rings (SSSR count). The van der Waals surface area contributed by atoms with Crippen LogP contribution >= 0.6 is 0 Å². The standard InChI is InChI=1S/C30H46N6O7/c1-3-42-27(38)23-12-17-36(18-13-23)29(40)32-16-8-7-11-25(34-30(41)43-21-22-9-5-4-6-10-22)26(37)35-19-14-24(15-20-35)33-28(39)31-2/h4-6,9-10,23-25H,3,7-8,11-21H2,1-2H3,(H,32,40)(H,34,41)(H2,31,33,39). The fourth-order valence-corrected chi connectivity index (χ4v) is 5.25. The van der Waals surface area contributed by atoms with E-state index in [2.05, 4.69) is 21.3 Å². The summed E-state index contributed by atoms with van der Waals surface area (Å²) in [4.78, 5) is 65.6. The van der Waals surface area contributed by atoms with Crippen LogP contribution in [0.25, 0.3) is 0 Å². The number of ether oxygens (including phenoxy) is 2. The summed E-state index contributed by atoms with van der Waals surface area (Å²) in [7, 11) is 1.56. The first-order valence-electron chi connectivity index (χ1n) is 15.2. The predicted molar refractivity (Wildman–Crippen MR) is 159 cm³/mol. The van der Waals surface area contributed by atoms with E-state index in [0.29, 0.717) is 84.3 Å². The zero-order valence-corrected chi connectivity index (χ0v) is 25.3. The fraction of sp³-hybridized carbons (Fsp3) is 0.633. The van der Waals surface area contributed by atoms with Crippen LogP contribution in [0.15, 0.2) is 30.3 Å². The number of likely N-dealkylation sites (tertiary alicyclic amines) is 2. The zero-order valence-electron chi connectivity index (χ0n) is 25.3. The summed E-state index contributed by atoms with van der Waals surface area (Å²) in [6.07, 6.45) is 3.33. The normalized spacial score (nSPS) is 16.5. The number of benzene rings is 1. The lowest BCUT2D eigenvalue weighted by atomic mass is 9.97. The average molecular weight is 603 g/mol. The number of unbranched alkanes of at least 4 members (excludes halogenated alkanes) is 1. The van der Waals surface area contributed by atoms with Crippen LogP contribution in [0.1, 0.15) is 57.4 Å². The first kappa shape index (κ1) is 33.5. The molecule has 0 saturated carbocycles. The van der Waals surface area contributed by atoms with Crippen molar-refractivity contribution in [1.82, 2.24) is 31.1 Å². The maximum atomic E-state index is 13.4. The van der Waals surface area contributed by atoms with Crippen LogP contribution < -0.4 is 21.3 Å². The molecule has 0 radical (unpaired) electrons. The molecule has 0 spiro atoms. The molecule has 1 aromatic rings. The van der Waals surface area contributed by atoms with Gasteiger partial charge in [-0.3, -0.25) is 9.59 Å². The molecule has 13 heteroatoms. The molecular formula is C30H46N6O7. The second kappa shape index (κ2) is 17.8. The lowest BCUT2D eigenvalue weighted by Gasteiger charge is -2.34. The number of esters is 1. The SMILES string of the molecule is CCOC(=O)C1CCN(C(=O)NCCCCC(NC(=O)OCc2ccccc2)C(=O)N2CCC(NC(=O)NC)CC2)CC1. The summed E-state index contributed by atoms with van der Waals surface area (Å²) >= 11 is 0. The Morgan fingerprint density at radius 3 is 2.23 bits per heavy atom. The molecule has 0 bridgehead atoms. The zero-order chi connectivity index (χ0) is 31.0. The van der Waals surface area contributed by atoms with Gasteiger partial charge in [-0.25, -0.2) is 14.4 Å². The minimum Gasteiger partial charge on any atom is -0.466 e. The molecule has 43 heavy (non-hydrogen) atoms. The smallest absolute Gasteiger partial charge is 0.408 e. The Morgan fingerprint density at radius 1 is 0.907 bits per heavy atom. The van der Waals surface area contributed by atoms with Gasteiger partial charge in [0, 0.05) is 45.8 Å². The van der Waals surface area contributed by atoms with E-state index in [-0.39, 0.29) is 42.5 Å². The van der Waals surface area contributed by atoms with Crippen LogP contribution in [0.4, 0.5) is 14.4 Å². The molecule has 4 N–H and O–H groups in total. The molecule has 13 nitrogen and oxygen atoms in total. The van der Waals surface area contributed by atoms with E-state index in [4.69, 9.17) is 9.47 Å². The van der Waals surface area contributed by atoms with E-state index >= 15 is 0 Å². The Morgan fingerprint density at radius 2 is 1.58 bits per heavy atom. The molecule has 0 aliphatic carbocycles. The van der Waals surface area contributed by atoms with E-state index in [0.717, 1.165) is 5.56 Å². The van der Waals surface area contributed by atoms with Gasteiger partial charge in [0.25, 0.3) is 0 Å². The number of amides is 6. The number of hydrogen-bond donors (Lipinski definition) is 4. The third-order valence-corrected chi connectivity index (χ3v) is 7.77. The maximum Gasteiger partial charge on any atom is 0.408 e. The highest BCUT2D eigenvalue weighted by Crippen LogP contribution is 2.19. The molecular weight excluding hydrogens is 556 g/mol. The van der Waals surface area contributed by atoms with Crippen LogP contribution in [-0.4, -0.2) is 98.3 Å². The van der Waals surface area contributed by atoms with E-state index in [1.54, 1.807) is 23.8 Å². The number of carbonyl (C=O) groups excluding carboxylic acids is 5. The summed E-state index contributed by atoms with van der Waals surface area (Å²) < 4.78 is 10.5. The second-order valence-electron chi connectivity index (χ2n) is 10.8. The molecule has 6 amide bonds. The van der Waals surface area contributed by atoms with Crippen molar-refractivity contribution in [2.24, 2.45) is 5.92 Å². The van der Waals surface area contributed by atoms with Crippen LogP contribution in [-0.2, 0) is 25.7 Å². The summed E-state index contributed by atoms with van der Waals surface area (Å²) in [5.74, 6) is -0.555. The lowest BCUT2D eigenvalue weighted by molar-refractivity contribution is -0.149.